The van der Waals surface area contributed by atoms with E-state index in [0.717, 1.165) is 57.8 Å². The largest absolute Gasteiger partial charge is 0.394 e. The monoisotopic (exact) mass is 430 g/mol. The van der Waals surface area contributed by atoms with Crippen LogP contribution >= 0.6 is 0 Å². The van der Waals surface area contributed by atoms with Crippen molar-refractivity contribution >= 4 is 0 Å². The van der Waals surface area contributed by atoms with E-state index < -0.39 is 42.3 Å². The third kappa shape index (κ3) is 3.62. The molecule has 0 radical (unpaired) electrons. The number of fused-ring (bicyclic) bond motifs is 2. The third-order valence-corrected chi connectivity index (χ3v) is 7.27. The third-order valence-electron chi connectivity index (χ3n) is 7.27. The van der Waals surface area contributed by atoms with Crippen LogP contribution in [0.15, 0.2) is 0 Å². The highest BCUT2D eigenvalue weighted by Crippen LogP contribution is 2.47. The smallest absolute Gasteiger partial charge is 0.190 e. The van der Waals surface area contributed by atoms with Crippen molar-refractivity contribution in [2.45, 2.75) is 125 Å². The Bertz CT molecular complexity index is 551. The normalized spacial score (nSPS) is 47.6. The Morgan fingerprint density at radius 2 is 1.13 bits per heavy atom. The minimum Gasteiger partial charge on any atom is -0.394 e. The van der Waals surface area contributed by atoms with Crippen LogP contribution in [0.3, 0.4) is 0 Å². The SMILES string of the molecule is CC[C@@H]1O[C@H]2OC3(CCCC3)O[C@H]2[C@@H]1O.OC[C@@H]1O[C@H]2OC3(CCCC3)O[C@H]2[C@@H]1O. The lowest BCUT2D eigenvalue weighted by atomic mass is 10.1. The molecule has 3 N–H and O–H groups in total. The minimum absolute atomic E-state index is 0.126. The number of hydrogen-bond donors (Lipinski definition) is 3. The maximum Gasteiger partial charge on any atom is 0.190 e. The summed E-state index contributed by atoms with van der Waals surface area (Å²) in [6.07, 6.45) is 5.36. The Morgan fingerprint density at radius 3 is 1.53 bits per heavy atom. The van der Waals surface area contributed by atoms with Crippen LogP contribution in [0.4, 0.5) is 0 Å². The van der Waals surface area contributed by atoms with Gasteiger partial charge in [0.15, 0.2) is 24.2 Å². The van der Waals surface area contributed by atoms with Gasteiger partial charge in [-0.3, -0.25) is 0 Å². The van der Waals surface area contributed by atoms with E-state index in [1.165, 1.54) is 0 Å². The maximum atomic E-state index is 9.97. The van der Waals surface area contributed by atoms with E-state index in [4.69, 9.17) is 33.5 Å². The van der Waals surface area contributed by atoms with Gasteiger partial charge in [0.05, 0.1) is 12.7 Å². The molecule has 4 saturated heterocycles. The van der Waals surface area contributed by atoms with Crippen LogP contribution in [-0.4, -0.2) is 82.7 Å². The number of rotatable bonds is 2. The molecule has 8 atom stereocenters. The molecule has 4 heterocycles. The molecule has 2 aliphatic carbocycles. The second kappa shape index (κ2) is 8.20. The molecule has 6 fully saturated rings. The first kappa shape index (κ1) is 21.5. The van der Waals surface area contributed by atoms with Crippen molar-refractivity contribution in [1.82, 2.24) is 0 Å². The van der Waals surface area contributed by atoms with Crippen LogP contribution in [0.25, 0.3) is 0 Å². The standard InChI is InChI=1S/C11H18O4.C10H16O5/c1-2-7-8(12)9-10(13-7)15-11(14-9)5-3-4-6-11;11-5-6-7(12)8-9(13-6)15-10(14-8)3-1-2-4-10/h7-10,12H,2-6H2,1H3;6-9,11-12H,1-5H2/t7-,8+,9-,10-;6-,7+,8-,9-/m00/s1. The molecule has 0 bridgehead atoms. The van der Waals surface area contributed by atoms with Gasteiger partial charge in [0.2, 0.25) is 0 Å². The molecule has 9 heteroatoms. The molecule has 2 spiro atoms. The molecule has 30 heavy (non-hydrogen) atoms. The van der Waals surface area contributed by atoms with Crippen molar-refractivity contribution < 1.29 is 43.7 Å². The first-order valence-electron chi connectivity index (χ1n) is 11.5. The van der Waals surface area contributed by atoms with Crippen molar-refractivity contribution in [2.24, 2.45) is 0 Å². The summed E-state index contributed by atoms with van der Waals surface area (Å²) in [6.45, 7) is 1.80. The zero-order chi connectivity index (χ0) is 20.9. The molecule has 0 amide bonds. The van der Waals surface area contributed by atoms with Crippen molar-refractivity contribution in [3.05, 3.63) is 0 Å². The van der Waals surface area contributed by atoms with Gasteiger partial charge in [-0.05, 0) is 32.1 Å². The van der Waals surface area contributed by atoms with Crippen LogP contribution in [0.1, 0.15) is 64.7 Å². The summed E-state index contributed by atoms with van der Waals surface area (Å²) in [7, 11) is 0. The molecular formula is C21H34O9. The molecule has 2 saturated carbocycles. The lowest BCUT2D eigenvalue weighted by Crippen LogP contribution is -2.37. The van der Waals surface area contributed by atoms with Crippen LogP contribution in [0.2, 0.25) is 0 Å². The summed E-state index contributed by atoms with van der Waals surface area (Å²) < 4.78 is 34.2. The fraction of sp³-hybridized carbons (Fsp3) is 1.00. The highest BCUT2D eigenvalue weighted by atomic mass is 16.8. The van der Waals surface area contributed by atoms with E-state index in [2.05, 4.69) is 0 Å². The van der Waals surface area contributed by atoms with Crippen LogP contribution in [-0.2, 0) is 28.4 Å². The van der Waals surface area contributed by atoms with Gasteiger partial charge in [-0.1, -0.05) is 6.92 Å². The Labute approximate surface area is 176 Å². The van der Waals surface area contributed by atoms with Crippen molar-refractivity contribution in [2.75, 3.05) is 6.61 Å². The van der Waals surface area contributed by atoms with Crippen molar-refractivity contribution in [3.8, 4) is 0 Å². The lowest BCUT2D eigenvalue weighted by molar-refractivity contribution is -0.232. The van der Waals surface area contributed by atoms with Gasteiger partial charge in [-0.25, -0.2) is 0 Å². The van der Waals surface area contributed by atoms with Crippen LogP contribution < -0.4 is 0 Å². The molecule has 9 nitrogen and oxygen atoms in total. The molecule has 0 aromatic rings. The van der Waals surface area contributed by atoms with Gasteiger partial charge in [-0.15, -0.1) is 0 Å². The molecule has 4 aliphatic heterocycles. The average molecular weight is 430 g/mol. The average Bonchev–Trinajstić information content (AvgIpc) is 3.56. The summed E-state index contributed by atoms with van der Waals surface area (Å²) in [5.74, 6) is -0.953. The molecule has 172 valence electrons. The Morgan fingerprint density at radius 1 is 0.700 bits per heavy atom. The van der Waals surface area contributed by atoms with Gasteiger partial charge < -0.3 is 43.7 Å². The molecular weight excluding hydrogens is 396 g/mol. The number of aliphatic hydroxyl groups excluding tert-OH is 3. The van der Waals surface area contributed by atoms with Crippen LogP contribution in [0.5, 0.6) is 0 Å². The molecule has 0 aromatic carbocycles. The molecule has 6 aliphatic rings. The lowest BCUT2D eigenvalue weighted by Gasteiger charge is -2.25. The van der Waals surface area contributed by atoms with Gasteiger partial charge in [0, 0.05) is 25.7 Å². The van der Waals surface area contributed by atoms with E-state index in [1.54, 1.807) is 0 Å². The van der Waals surface area contributed by atoms with E-state index in [-0.39, 0.29) is 25.1 Å². The Hall–Kier alpha value is -0.360. The highest BCUT2D eigenvalue weighted by molar-refractivity contribution is 4.97. The van der Waals surface area contributed by atoms with Crippen molar-refractivity contribution in [1.29, 1.82) is 0 Å². The van der Waals surface area contributed by atoms with Crippen molar-refractivity contribution in [3.63, 3.8) is 0 Å². The number of ether oxygens (including phenoxy) is 6. The van der Waals surface area contributed by atoms with Gasteiger partial charge >= 0.3 is 0 Å². The fourth-order valence-corrected chi connectivity index (χ4v) is 5.61. The zero-order valence-corrected chi connectivity index (χ0v) is 17.5. The number of aliphatic hydroxyl groups is 3. The summed E-state index contributed by atoms with van der Waals surface area (Å²) in [5, 5.41) is 28.7. The Kier molecular flexibility index (Phi) is 5.88. The maximum absolute atomic E-state index is 9.97. The van der Waals surface area contributed by atoms with Crippen LogP contribution in [0, 0.1) is 0 Å². The highest BCUT2D eigenvalue weighted by Gasteiger charge is 2.58. The summed E-state index contributed by atoms with van der Waals surface area (Å²) in [4.78, 5) is 0. The quantitative estimate of drug-likeness (QED) is 0.588. The topological polar surface area (TPSA) is 116 Å². The van der Waals surface area contributed by atoms with E-state index in [0.29, 0.717) is 0 Å². The van der Waals surface area contributed by atoms with Gasteiger partial charge in [0.1, 0.15) is 30.5 Å². The summed E-state index contributed by atoms with van der Waals surface area (Å²) in [5.41, 5.74) is 0. The van der Waals surface area contributed by atoms with E-state index in [1.807, 2.05) is 6.92 Å². The van der Waals surface area contributed by atoms with E-state index >= 15 is 0 Å². The first-order valence-corrected chi connectivity index (χ1v) is 11.5. The second-order valence-electron chi connectivity index (χ2n) is 9.29. The zero-order valence-electron chi connectivity index (χ0n) is 17.5. The summed E-state index contributed by atoms with van der Waals surface area (Å²) >= 11 is 0. The molecule has 0 unspecified atom stereocenters. The van der Waals surface area contributed by atoms with E-state index in [9.17, 15) is 10.2 Å². The fourth-order valence-electron chi connectivity index (χ4n) is 5.61. The van der Waals surface area contributed by atoms with Gasteiger partial charge in [0.25, 0.3) is 0 Å². The minimum atomic E-state index is -0.778. The summed E-state index contributed by atoms with van der Waals surface area (Å²) in [6, 6.07) is 0. The number of hydrogen-bond acceptors (Lipinski definition) is 9. The van der Waals surface area contributed by atoms with Gasteiger partial charge in [-0.2, -0.15) is 0 Å². The molecule has 6 rings (SSSR count). The molecule has 0 aromatic heterocycles. The second-order valence-corrected chi connectivity index (χ2v) is 9.29. The Balaban J connectivity index is 0.000000128. The predicted octanol–water partition coefficient (Wildman–Crippen LogP) is 0.918. The first-order chi connectivity index (χ1) is 14.5. The predicted molar refractivity (Wildman–Crippen MR) is 101 cm³/mol.